The number of nitrogens with one attached hydrogen (secondary N) is 1. The van der Waals surface area contributed by atoms with Crippen molar-refractivity contribution in [3.05, 3.63) is 93.0 Å². The maximum atomic E-state index is 13.0. The molecule has 0 unspecified atom stereocenters. The van der Waals surface area contributed by atoms with Gasteiger partial charge in [0.1, 0.15) is 0 Å². The van der Waals surface area contributed by atoms with Crippen LogP contribution in [0.15, 0.2) is 76.5 Å². The van der Waals surface area contributed by atoms with Crippen molar-refractivity contribution >= 4 is 38.7 Å². The van der Waals surface area contributed by atoms with Gasteiger partial charge in [0.2, 0.25) is 9.84 Å². The molecule has 3 aromatic carbocycles. The van der Waals surface area contributed by atoms with E-state index in [0.29, 0.717) is 16.3 Å². The van der Waals surface area contributed by atoms with E-state index in [9.17, 15) is 23.3 Å². The van der Waals surface area contributed by atoms with Gasteiger partial charge in [-0.2, -0.15) is 0 Å². The minimum absolute atomic E-state index is 0.0507. The molecule has 0 radical (unpaired) electrons. The Morgan fingerprint density at radius 3 is 2.31 bits per heavy atom. The number of non-ortho nitro benzene ring substituents is 1. The Bertz CT molecular complexity index is 1210. The number of benzene rings is 3. The van der Waals surface area contributed by atoms with Gasteiger partial charge in [-0.15, -0.1) is 0 Å². The first-order valence-electron chi connectivity index (χ1n) is 8.37. The van der Waals surface area contributed by atoms with Crippen molar-refractivity contribution in [2.24, 2.45) is 0 Å². The van der Waals surface area contributed by atoms with Crippen molar-refractivity contribution in [3.8, 4) is 0 Å². The Kier molecular flexibility index (Phi) is 5.67. The lowest BCUT2D eigenvalue weighted by atomic mass is 10.1. The van der Waals surface area contributed by atoms with Crippen molar-refractivity contribution in [1.29, 1.82) is 0 Å². The summed E-state index contributed by atoms with van der Waals surface area (Å²) in [6.07, 6.45) is 0. The topological polar surface area (TPSA) is 106 Å². The van der Waals surface area contributed by atoms with Gasteiger partial charge < -0.3 is 5.32 Å². The van der Waals surface area contributed by atoms with Crippen LogP contribution >= 0.6 is 11.6 Å². The molecule has 3 aromatic rings. The Labute approximate surface area is 172 Å². The fourth-order valence-electron chi connectivity index (χ4n) is 2.70. The van der Waals surface area contributed by atoms with Gasteiger partial charge in [-0.3, -0.25) is 14.9 Å². The fourth-order valence-corrected chi connectivity index (χ4v) is 4.33. The molecular weight excluding hydrogens is 416 g/mol. The standard InChI is InChI=1S/C20H15ClN2O5S/c1-13-17(21)6-4-7-18(13)22-20(24)16-5-2-3-8-19(16)29(27,28)15-11-9-14(10-12-15)23(25)26/h2-12H,1H3,(H,22,24). The minimum Gasteiger partial charge on any atom is -0.322 e. The summed E-state index contributed by atoms with van der Waals surface area (Å²) < 4.78 is 26.1. The quantitative estimate of drug-likeness (QED) is 0.468. The average Bonchev–Trinajstić information content (AvgIpc) is 2.71. The molecule has 0 saturated carbocycles. The van der Waals surface area contributed by atoms with Crippen molar-refractivity contribution in [2.45, 2.75) is 16.7 Å². The van der Waals surface area contributed by atoms with E-state index in [1.165, 1.54) is 18.2 Å². The van der Waals surface area contributed by atoms with Gasteiger partial charge in [0, 0.05) is 22.8 Å². The molecule has 0 atom stereocenters. The molecule has 0 aliphatic heterocycles. The average molecular weight is 431 g/mol. The molecule has 0 bridgehead atoms. The van der Waals surface area contributed by atoms with Crippen LogP contribution in [0.4, 0.5) is 11.4 Å². The van der Waals surface area contributed by atoms with E-state index in [-0.39, 0.29) is 21.0 Å². The van der Waals surface area contributed by atoms with Crippen LogP contribution in [-0.2, 0) is 9.84 Å². The first kappa shape index (κ1) is 20.5. The van der Waals surface area contributed by atoms with Crippen molar-refractivity contribution in [3.63, 3.8) is 0 Å². The minimum atomic E-state index is -4.08. The molecule has 9 heteroatoms. The van der Waals surface area contributed by atoms with Crippen LogP contribution in [0.5, 0.6) is 0 Å². The highest BCUT2D eigenvalue weighted by Crippen LogP contribution is 2.28. The first-order chi connectivity index (χ1) is 13.7. The van der Waals surface area contributed by atoms with E-state index in [1.54, 1.807) is 31.2 Å². The summed E-state index contributed by atoms with van der Waals surface area (Å²) >= 11 is 6.07. The van der Waals surface area contributed by atoms with Gasteiger partial charge in [0.05, 0.1) is 20.3 Å². The maximum absolute atomic E-state index is 13.0. The molecule has 0 saturated heterocycles. The highest BCUT2D eigenvalue weighted by molar-refractivity contribution is 7.91. The number of nitro groups is 1. The van der Waals surface area contributed by atoms with E-state index in [2.05, 4.69) is 5.32 Å². The number of hydrogen-bond donors (Lipinski definition) is 1. The second kappa shape index (κ2) is 8.02. The lowest BCUT2D eigenvalue weighted by Crippen LogP contribution is -2.17. The van der Waals surface area contributed by atoms with Crippen LogP contribution in [-0.4, -0.2) is 19.2 Å². The second-order valence-corrected chi connectivity index (χ2v) is 8.44. The summed E-state index contributed by atoms with van der Waals surface area (Å²) in [5, 5.41) is 13.9. The monoisotopic (exact) mass is 430 g/mol. The molecule has 1 N–H and O–H groups in total. The Morgan fingerprint density at radius 2 is 1.66 bits per heavy atom. The molecule has 0 aliphatic carbocycles. The number of carbonyl (C=O) groups is 1. The fraction of sp³-hybridized carbons (Fsp3) is 0.0500. The molecule has 29 heavy (non-hydrogen) atoms. The van der Waals surface area contributed by atoms with Crippen molar-refractivity contribution < 1.29 is 18.1 Å². The van der Waals surface area contributed by atoms with E-state index in [4.69, 9.17) is 11.6 Å². The normalized spacial score (nSPS) is 11.1. The van der Waals surface area contributed by atoms with Crippen LogP contribution in [0.1, 0.15) is 15.9 Å². The number of hydrogen-bond acceptors (Lipinski definition) is 5. The highest BCUT2D eigenvalue weighted by Gasteiger charge is 2.25. The zero-order valence-electron chi connectivity index (χ0n) is 15.1. The van der Waals surface area contributed by atoms with Gasteiger partial charge in [-0.05, 0) is 48.9 Å². The third-order valence-corrected chi connectivity index (χ3v) is 6.53. The number of nitro benzene ring substituents is 1. The molecule has 7 nitrogen and oxygen atoms in total. The molecule has 0 aliphatic rings. The van der Waals surface area contributed by atoms with Gasteiger partial charge in [-0.1, -0.05) is 29.8 Å². The predicted molar refractivity (Wildman–Crippen MR) is 109 cm³/mol. The van der Waals surface area contributed by atoms with E-state index >= 15 is 0 Å². The van der Waals surface area contributed by atoms with E-state index in [1.807, 2.05) is 0 Å². The van der Waals surface area contributed by atoms with Gasteiger partial charge in [0.15, 0.2) is 0 Å². The highest BCUT2D eigenvalue weighted by atomic mass is 35.5. The molecule has 0 heterocycles. The first-order valence-corrected chi connectivity index (χ1v) is 10.2. The molecule has 0 aromatic heterocycles. The Balaban J connectivity index is 2.00. The third kappa shape index (κ3) is 4.13. The zero-order valence-corrected chi connectivity index (χ0v) is 16.7. The van der Waals surface area contributed by atoms with Crippen molar-refractivity contribution in [2.75, 3.05) is 5.32 Å². The largest absolute Gasteiger partial charge is 0.322 e. The number of sulfone groups is 1. The molecule has 1 amide bonds. The van der Waals surface area contributed by atoms with Gasteiger partial charge in [0.25, 0.3) is 11.6 Å². The Morgan fingerprint density at radius 1 is 1.00 bits per heavy atom. The number of anilines is 1. The van der Waals surface area contributed by atoms with Crippen molar-refractivity contribution in [1.82, 2.24) is 0 Å². The summed E-state index contributed by atoms with van der Waals surface area (Å²) in [7, 11) is -4.08. The third-order valence-electron chi connectivity index (χ3n) is 4.29. The summed E-state index contributed by atoms with van der Waals surface area (Å²) in [6.45, 7) is 1.73. The van der Waals surface area contributed by atoms with Crippen LogP contribution in [0.3, 0.4) is 0 Å². The van der Waals surface area contributed by atoms with Gasteiger partial charge >= 0.3 is 0 Å². The number of halogens is 1. The summed E-state index contributed by atoms with van der Waals surface area (Å²) in [5.74, 6) is -0.614. The maximum Gasteiger partial charge on any atom is 0.269 e. The second-order valence-electron chi connectivity index (χ2n) is 6.12. The van der Waals surface area contributed by atoms with E-state index < -0.39 is 20.7 Å². The van der Waals surface area contributed by atoms with E-state index in [0.717, 1.165) is 24.3 Å². The molecular formula is C20H15ClN2O5S. The molecule has 148 valence electrons. The molecule has 3 rings (SSSR count). The lowest BCUT2D eigenvalue weighted by molar-refractivity contribution is -0.384. The Hall–Kier alpha value is -3.23. The smallest absolute Gasteiger partial charge is 0.269 e. The van der Waals surface area contributed by atoms with Crippen LogP contribution < -0.4 is 5.32 Å². The van der Waals surface area contributed by atoms with Crippen LogP contribution in [0.2, 0.25) is 5.02 Å². The van der Waals surface area contributed by atoms with Gasteiger partial charge in [-0.25, -0.2) is 8.42 Å². The molecule has 0 spiro atoms. The number of carbonyl (C=O) groups excluding carboxylic acids is 1. The predicted octanol–water partition coefficient (Wildman–Crippen LogP) is 4.64. The number of amides is 1. The summed E-state index contributed by atoms with van der Waals surface area (Å²) in [4.78, 5) is 22.6. The van der Waals surface area contributed by atoms with Crippen LogP contribution in [0, 0.1) is 17.0 Å². The number of rotatable bonds is 5. The lowest BCUT2D eigenvalue weighted by Gasteiger charge is -2.13. The zero-order chi connectivity index (χ0) is 21.2. The summed E-state index contributed by atoms with van der Waals surface area (Å²) in [5.41, 5.74) is 0.833. The summed E-state index contributed by atoms with van der Waals surface area (Å²) in [6, 6.07) is 15.3. The molecule has 0 fully saturated rings. The van der Waals surface area contributed by atoms with Crippen LogP contribution in [0.25, 0.3) is 0 Å². The number of nitrogens with zero attached hydrogens (tertiary/aromatic N) is 1. The SMILES string of the molecule is Cc1c(Cl)cccc1NC(=O)c1ccccc1S(=O)(=O)c1ccc([N+](=O)[O-])cc1.